The molecule has 124 valence electrons. The molecule has 6 heteroatoms. The third kappa shape index (κ3) is 4.13. The molecule has 1 aliphatic heterocycles. The van der Waals surface area contributed by atoms with Gasteiger partial charge >= 0.3 is 0 Å². The Labute approximate surface area is 141 Å². The monoisotopic (exact) mass is 332 g/mol. The SMILES string of the molecule is CC(C)c1ccc(SCc2nc(C3CNCCN3C)no2)cc1. The van der Waals surface area contributed by atoms with Crippen molar-refractivity contribution in [3.63, 3.8) is 0 Å². The predicted molar refractivity (Wildman–Crippen MR) is 92.6 cm³/mol. The lowest BCUT2D eigenvalue weighted by molar-refractivity contribution is 0.190. The van der Waals surface area contributed by atoms with E-state index in [9.17, 15) is 0 Å². The first-order chi connectivity index (χ1) is 11.1. The Kier molecular flexibility index (Phi) is 5.35. The first-order valence-electron chi connectivity index (χ1n) is 8.09. The average Bonchev–Trinajstić information content (AvgIpc) is 3.02. The van der Waals surface area contributed by atoms with Crippen molar-refractivity contribution >= 4 is 11.8 Å². The Morgan fingerprint density at radius 3 is 2.83 bits per heavy atom. The zero-order valence-electron chi connectivity index (χ0n) is 14.0. The highest BCUT2D eigenvalue weighted by Crippen LogP contribution is 2.25. The second-order valence-corrected chi connectivity index (χ2v) is 7.31. The number of piperazine rings is 1. The van der Waals surface area contributed by atoms with E-state index in [2.05, 4.69) is 65.5 Å². The van der Waals surface area contributed by atoms with Gasteiger partial charge in [0.1, 0.15) is 0 Å². The Bertz CT molecular complexity index is 626. The summed E-state index contributed by atoms with van der Waals surface area (Å²) in [5.74, 6) is 2.74. The molecule has 2 heterocycles. The smallest absolute Gasteiger partial charge is 0.237 e. The maximum absolute atomic E-state index is 5.41. The quantitative estimate of drug-likeness (QED) is 0.849. The van der Waals surface area contributed by atoms with Crippen LogP contribution in [0, 0.1) is 0 Å². The fourth-order valence-electron chi connectivity index (χ4n) is 2.65. The number of hydrogen-bond acceptors (Lipinski definition) is 6. The Balaban J connectivity index is 1.58. The average molecular weight is 332 g/mol. The van der Waals surface area contributed by atoms with Gasteiger partial charge in [-0.1, -0.05) is 31.1 Å². The van der Waals surface area contributed by atoms with E-state index in [0.29, 0.717) is 17.6 Å². The fraction of sp³-hybridized carbons (Fsp3) is 0.529. The van der Waals surface area contributed by atoms with Crippen LogP contribution >= 0.6 is 11.8 Å². The Morgan fingerprint density at radius 2 is 2.13 bits per heavy atom. The molecule has 1 aromatic carbocycles. The maximum Gasteiger partial charge on any atom is 0.237 e. The summed E-state index contributed by atoms with van der Waals surface area (Å²) in [6.45, 7) is 7.31. The van der Waals surface area contributed by atoms with Crippen molar-refractivity contribution in [2.24, 2.45) is 0 Å². The van der Waals surface area contributed by atoms with Gasteiger partial charge in [-0.15, -0.1) is 11.8 Å². The molecule has 1 atom stereocenters. The highest BCUT2D eigenvalue weighted by Gasteiger charge is 2.25. The molecular weight excluding hydrogens is 308 g/mol. The minimum Gasteiger partial charge on any atom is -0.338 e. The van der Waals surface area contributed by atoms with E-state index < -0.39 is 0 Å². The summed E-state index contributed by atoms with van der Waals surface area (Å²) in [4.78, 5) is 8.06. The summed E-state index contributed by atoms with van der Waals surface area (Å²) in [5.41, 5.74) is 1.36. The molecule has 0 amide bonds. The molecule has 1 N–H and O–H groups in total. The van der Waals surface area contributed by atoms with Crippen molar-refractivity contribution in [2.75, 3.05) is 26.7 Å². The molecule has 1 fully saturated rings. The van der Waals surface area contributed by atoms with Crippen molar-refractivity contribution in [3.05, 3.63) is 41.5 Å². The molecule has 23 heavy (non-hydrogen) atoms. The van der Waals surface area contributed by atoms with Crippen molar-refractivity contribution in [1.29, 1.82) is 0 Å². The predicted octanol–water partition coefficient (Wildman–Crippen LogP) is 3.06. The molecule has 0 bridgehead atoms. The maximum atomic E-state index is 5.41. The lowest BCUT2D eigenvalue weighted by Gasteiger charge is -2.30. The number of hydrogen-bond donors (Lipinski definition) is 1. The van der Waals surface area contributed by atoms with Gasteiger partial charge in [-0.3, -0.25) is 4.90 Å². The van der Waals surface area contributed by atoms with Crippen LogP contribution in [0.25, 0.3) is 0 Å². The van der Waals surface area contributed by atoms with Gasteiger partial charge in [-0.25, -0.2) is 0 Å². The first-order valence-corrected chi connectivity index (χ1v) is 9.08. The molecule has 0 spiro atoms. The zero-order chi connectivity index (χ0) is 16.2. The largest absolute Gasteiger partial charge is 0.338 e. The number of likely N-dealkylation sites (N-methyl/N-ethyl adjacent to an activating group) is 1. The van der Waals surface area contributed by atoms with Gasteiger partial charge in [0.2, 0.25) is 5.89 Å². The molecule has 1 unspecified atom stereocenters. The van der Waals surface area contributed by atoms with Crippen LogP contribution in [-0.4, -0.2) is 41.7 Å². The molecule has 0 radical (unpaired) electrons. The van der Waals surface area contributed by atoms with E-state index in [4.69, 9.17) is 4.52 Å². The van der Waals surface area contributed by atoms with Crippen molar-refractivity contribution < 1.29 is 4.52 Å². The van der Waals surface area contributed by atoms with Crippen molar-refractivity contribution in [1.82, 2.24) is 20.4 Å². The summed E-state index contributed by atoms with van der Waals surface area (Å²) < 4.78 is 5.41. The summed E-state index contributed by atoms with van der Waals surface area (Å²) >= 11 is 1.73. The van der Waals surface area contributed by atoms with Gasteiger partial charge in [-0.05, 0) is 30.7 Å². The highest BCUT2D eigenvalue weighted by atomic mass is 32.2. The van der Waals surface area contributed by atoms with Crippen LogP contribution in [0.15, 0.2) is 33.7 Å². The molecule has 3 rings (SSSR count). The topological polar surface area (TPSA) is 54.2 Å². The number of nitrogens with zero attached hydrogens (tertiary/aromatic N) is 3. The molecule has 1 aliphatic rings. The van der Waals surface area contributed by atoms with E-state index in [1.54, 1.807) is 11.8 Å². The van der Waals surface area contributed by atoms with E-state index in [1.807, 2.05) is 0 Å². The minimum absolute atomic E-state index is 0.205. The van der Waals surface area contributed by atoms with Gasteiger partial charge in [0.15, 0.2) is 5.82 Å². The molecular formula is C17H24N4OS. The number of nitrogens with one attached hydrogen (secondary N) is 1. The van der Waals surface area contributed by atoms with Gasteiger partial charge in [0.05, 0.1) is 11.8 Å². The fourth-order valence-corrected chi connectivity index (χ4v) is 3.39. The number of benzene rings is 1. The van der Waals surface area contributed by atoms with Crippen LogP contribution in [0.4, 0.5) is 0 Å². The van der Waals surface area contributed by atoms with Crippen molar-refractivity contribution in [2.45, 2.75) is 36.5 Å². The van der Waals surface area contributed by atoms with Crippen LogP contribution in [0.2, 0.25) is 0 Å². The van der Waals surface area contributed by atoms with Crippen LogP contribution in [0.3, 0.4) is 0 Å². The molecule has 0 saturated carbocycles. The minimum atomic E-state index is 0.205. The standard InChI is InChI=1S/C17H24N4OS/c1-12(2)13-4-6-14(7-5-13)23-11-16-19-17(20-22-16)15-10-18-8-9-21(15)3/h4-7,12,15,18H,8-11H2,1-3H3. The summed E-state index contributed by atoms with van der Waals surface area (Å²) in [5, 5.41) is 7.54. The third-order valence-corrected chi connectivity index (χ3v) is 5.20. The van der Waals surface area contributed by atoms with Gasteiger partial charge < -0.3 is 9.84 Å². The molecule has 5 nitrogen and oxygen atoms in total. The summed E-state index contributed by atoms with van der Waals surface area (Å²) in [7, 11) is 2.10. The van der Waals surface area contributed by atoms with E-state index in [0.717, 1.165) is 25.5 Å². The molecule has 1 saturated heterocycles. The normalized spacial score (nSPS) is 19.4. The van der Waals surface area contributed by atoms with Crippen LogP contribution in [-0.2, 0) is 5.75 Å². The second kappa shape index (κ2) is 7.47. The lowest BCUT2D eigenvalue weighted by atomic mass is 10.0. The van der Waals surface area contributed by atoms with Crippen LogP contribution < -0.4 is 5.32 Å². The Hall–Kier alpha value is -1.37. The third-order valence-electron chi connectivity index (χ3n) is 4.20. The lowest BCUT2D eigenvalue weighted by Crippen LogP contribution is -2.44. The summed E-state index contributed by atoms with van der Waals surface area (Å²) in [6.07, 6.45) is 0. The van der Waals surface area contributed by atoms with E-state index in [-0.39, 0.29) is 6.04 Å². The van der Waals surface area contributed by atoms with E-state index >= 15 is 0 Å². The van der Waals surface area contributed by atoms with E-state index in [1.165, 1.54) is 10.5 Å². The number of thioether (sulfide) groups is 1. The number of rotatable bonds is 5. The summed E-state index contributed by atoms with van der Waals surface area (Å²) in [6, 6.07) is 8.91. The van der Waals surface area contributed by atoms with Crippen LogP contribution in [0.1, 0.15) is 43.1 Å². The van der Waals surface area contributed by atoms with Gasteiger partial charge in [0, 0.05) is 24.5 Å². The first kappa shape index (κ1) is 16.5. The van der Waals surface area contributed by atoms with Crippen molar-refractivity contribution in [3.8, 4) is 0 Å². The molecule has 1 aromatic heterocycles. The Morgan fingerprint density at radius 1 is 1.35 bits per heavy atom. The second-order valence-electron chi connectivity index (χ2n) is 6.26. The number of aromatic nitrogens is 2. The highest BCUT2D eigenvalue weighted by molar-refractivity contribution is 7.98. The van der Waals surface area contributed by atoms with Crippen LogP contribution in [0.5, 0.6) is 0 Å². The van der Waals surface area contributed by atoms with Gasteiger partial charge in [-0.2, -0.15) is 4.98 Å². The molecule has 0 aliphatic carbocycles. The zero-order valence-corrected chi connectivity index (χ0v) is 14.8. The molecule has 2 aromatic rings. The van der Waals surface area contributed by atoms with Gasteiger partial charge in [0.25, 0.3) is 0 Å².